The van der Waals surface area contributed by atoms with E-state index in [1.54, 1.807) is 16.8 Å². The molecule has 0 unspecified atom stereocenters. The third kappa shape index (κ3) is 4.26. The molecule has 1 fully saturated rings. The van der Waals surface area contributed by atoms with Crippen LogP contribution in [0, 0.1) is 11.2 Å². The van der Waals surface area contributed by atoms with E-state index in [0.29, 0.717) is 17.0 Å². The molecule has 0 radical (unpaired) electrons. The molecule has 1 aliphatic rings. The van der Waals surface area contributed by atoms with E-state index < -0.39 is 0 Å². The molecule has 0 saturated carbocycles. The van der Waals surface area contributed by atoms with Crippen LogP contribution in [-0.2, 0) is 6.54 Å². The maximum absolute atomic E-state index is 13.4. The summed E-state index contributed by atoms with van der Waals surface area (Å²) in [4.78, 5) is 7.22. The second-order valence-corrected chi connectivity index (χ2v) is 8.62. The molecule has 3 aromatic rings. The molecule has 0 atom stereocenters. The summed E-state index contributed by atoms with van der Waals surface area (Å²) in [6, 6.07) is 13.9. The quantitative estimate of drug-likeness (QED) is 0.594. The predicted molar refractivity (Wildman–Crippen MR) is 110 cm³/mol. The van der Waals surface area contributed by atoms with Gasteiger partial charge in [0.15, 0.2) is 11.6 Å². The molecule has 0 amide bonds. The van der Waals surface area contributed by atoms with E-state index in [9.17, 15) is 4.39 Å². The first kappa shape index (κ1) is 19.1. The number of hydrogen-bond donors (Lipinski definition) is 0. The maximum atomic E-state index is 13.4. The first-order valence-electron chi connectivity index (χ1n) is 9.60. The van der Waals surface area contributed by atoms with E-state index in [1.165, 1.54) is 25.0 Å². The molecule has 2 heterocycles. The van der Waals surface area contributed by atoms with Gasteiger partial charge < -0.3 is 0 Å². The number of nitrogens with zero attached hydrogens (tertiary/aromatic N) is 4. The highest BCUT2D eigenvalue weighted by atomic mass is 35.5. The van der Waals surface area contributed by atoms with Crippen LogP contribution < -0.4 is 0 Å². The summed E-state index contributed by atoms with van der Waals surface area (Å²) in [7, 11) is 0. The van der Waals surface area contributed by atoms with Crippen molar-refractivity contribution in [1.82, 2.24) is 19.7 Å². The lowest BCUT2D eigenvalue weighted by Gasteiger charge is -2.36. The molecule has 4 nitrogen and oxygen atoms in total. The maximum Gasteiger partial charge on any atom is 0.165 e. The van der Waals surface area contributed by atoms with Crippen LogP contribution in [0.25, 0.3) is 17.1 Å². The van der Waals surface area contributed by atoms with E-state index in [0.717, 1.165) is 36.0 Å². The molecule has 6 heteroatoms. The van der Waals surface area contributed by atoms with E-state index in [4.69, 9.17) is 21.7 Å². The molecule has 0 aliphatic carbocycles. The molecular formula is C22H24ClFN4. The Bertz CT molecular complexity index is 875. The van der Waals surface area contributed by atoms with Gasteiger partial charge in [-0.3, -0.25) is 4.90 Å². The summed E-state index contributed by atoms with van der Waals surface area (Å²) >= 11 is 6.04. The fraction of sp³-hybridized carbons (Fsp3) is 0.364. The highest BCUT2D eigenvalue weighted by Gasteiger charge is 2.26. The van der Waals surface area contributed by atoms with Gasteiger partial charge in [-0.15, -0.1) is 5.10 Å². The topological polar surface area (TPSA) is 34.0 Å². The van der Waals surface area contributed by atoms with Crippen molar-refractivity contribution in [2.24, 2.45) is 5.41 Å². The lowest BCUT2D eigenvalue weighted by Crippen LogP contribution is -2.37. The fourth-order valence-corrected chi connectivity index (χ4v) is 3.61. The largest absolute Gasteiger partial charge is 0.296 e. The molecule has 1 aromatic heterocycles. The SMILES string of the molecule is CC1(C)CCN(Cc2nc(-c3ccc(Cl)cc3)n(-c3ccc(F)cc3)n2)CC1. The number of halogens is 2. The molecular weight excluding hydrogens is 375 g/mol. The van der Waals surface area contributed by atoms with Gasteiger partial charge in [-0.2, -0.15) is 0 Å². The summed E-state index contributed by atoms with van der Waals surface area (Å²) in [6.07, 6.45) is 2.35. The highest BCUT2D eigenvalue weighted by Crippen LogP contribution is 2.30. The number of likely N-dealkylation sites (tertiary alicyclic amines) is 1. The Balaban J connectivity index is 1.66. The van der Waals surface area contributed by atoms with E-state index in [1.807, 2.05) is 24.3 Å². The molecule has 0 N–H and O–H groups in total. The third-order valence-corrected chi connectivity index (χ3v) is 5.65. The average Bonchev–Trinajstić information content (AvgIpc) is 3.08. The number of piperidine rings is 1. The van der Waals surface area contributed by atoms with Gasteiger partial charge in [0, 0.05) is 10.6 Å². The van der Waals surface area contributed by atoms with Gasteiger partial charge in [-0.25, -0.2) is 14.1 Å². The molecule has 0 spiro atoms. The Kier molecular flexibility index (Phi) is 5.21. The second kappa shape index (κ2) is 7.64. The molecule has 1 aliphatic heterocycles. The van der Waals surface area contributed by atoms with Crippen LogP contribution in [0.2, 0.25) is 5.02 Å². The Morgan fingerprint density at radius 2 is 1.64 bits per heavy atom. The van der Waals surface area contributed by atoms with Crippen LogP contribution in [0.3, 0.4) is 0 Å². The number of rotatable bonds is 4. The number of hydrogen-bond acceptors (Lipinski definition) is 3. The standard InChI is InChI=1S/C22H24ClFN4/c1-22(2)11-13-27(14-12-22)15-20-25-21(16-3-5-17(23)6-4-16)28(26-20)19-9-7-18(24)8-10-19/h3-10H,11-15H2,1-2H3. The van der Waals surface area contributed by atoms with Crippen LogP contribution >= 0.6 is 11.6 Å². The van der Waals surface area contributed by atoms with Crippen LogP contribution in [0.1, 0.15) is 32.5 Å². The zero-order valence-corrected chi connectivity index (χ0v) is 17.0. The third-order valence-electron chi connectivity index (χ3n) is 5.40. The van der Waals surface area contributed by atoms with Crippen molar-refractivity contribution in [3.63, 3.8) is 0 Å². The zero-order chi connectivity index (χ0) is 19.7. The Morgan fingerprint density at radius 3 is 2.29 bits per heavy atom. The fourth-order valence-electron chi connectivity index (χ4n) is 3.49. The van der Waals surface area contributed by atoms with Crippen LogP contribution in [0.5, 0.6) is 0 Å². The predicted octanol–water partition coefficient (Wildman–Crippen LogP) is 5.35. The number of benzene rings is 2. The monoisotopic (exact) mass is 398 g/mol. The van der Waals surface area contributed by atoms with Gasteiger partial charge in [0.25, 0.3) is 0 Å². The van der Waals surface area contributed by atoms with Crippen molar-refractivity contribution < 1.29 is 4.39 Å². The van der Waals surface area contributed by atoms with Crippen LogP contribution in [-0.4, -0.2) is 32.8 Å². The van der Waals surface area contributed by atoms with Crippen molar-refractivity contribution in [1.29, 1.82) is 0 Å². The first-order chi connectivity index (χ1) is 13.4. The molecule has 0 bridgehead atoms. The number of aromatic nitrogens is 3. The van der Waals surface area contributed by atoms with Gasteiger partial charge >= 0.3 is 0 Å². The van der Waals surface area contributed by atoms with Crippen molar-refractivity contribution in [3.05, 3.63) is 65.2 Å². The summed E-state index contributed by atoms with van der Waals surface area (Å²) in [6.45, 7) is 7.46. The highest BCUT2D eigenvalue weighted by molar-refractivity contribution is 6.30. The summed E-state index contributed by atoms with van der Waals surface area (Å²) in [5.74, 6) is 1.23. The molecule has 146 valence electrons. The summed E-state index contributed by atoms with van der Waals surface area (Å²) < 4.78 is 15.2. The smallest absolute Gasteiger partial charge is 0.165 e. The van der Waals surface area contributed by atoms with Crippen molar-refractivity contribution in [2.75, 3.05) is 13.1 Å². The summed E-state index contributed by atoms with van der Waals surface area (Å²) in [5.41, 5.74) is 2.11. The molecule has 4 rings (SSSR count). The van der Waals surface area contributed by atoms with Crippen molar-refractivity contribution in [2.45, 2.75) is 33.2 Å². The van der Waals surface area contributed by atoms with Crippen LogP contribution in [0.15, 0.2) is 48.5 Å². The van der Waals surface area contributed by atoms with E-state index >= 15 is 0 Å². The molecule has 28 heavy (non-hydrogen) atoms. The van der Waals surface area contributed by atoms with Gasteiger partial charge in [0.05, 0.1) is 12.2 Å². The van der Waals surface area contributed by atoms with Gasteiger partial charge in [0.2, 0.25) is 0 Å². The molecule has 2 aromatic carbocycles. The Labute approximate surface area is 170 Å². The second-order valence-electron chi connectivity index (χ2n) is 8.19. The minimum Gasteiger partial charge on any atom is -0.296 e. The minimum atomic E-state index is -0.270. The van der Waals surface area contributed by atoms with Gasteiger partial charge in [-0.1, -0.05) is 25.4 Å². The Hall–Kier alpha value is -2.24. The lowest BCUT2D eigenvalue weighted by molar-refractivity contribution is 0.124. The van der Waals surface area contributed by atoms with E-state index in [2.05, 4.69) is 18.7 Å². The lowest BCUT2D eigenvalue weighted by atomic mass is 9.83. The molecule has 1 saturated heterocycles. The average molecular weight is 399 g/mol. The first-order valence-corrected chi connectivity index (χ1v) is 9.98. The van der Waals surface area contributed by atoms with Gasteiger partial charge in [-0.05, 0) is 79.9 Å². The zero-order valence-electron chi connectivity index (χ0n) is 16.2. The summed E-state index contributed by atoms with van der Waals surface area (Å²) in [5, 5.41) is 5.42. The van der Waals surface area contributed by atoms with Crippen LogP contribution in [0.4, 0.5) is 4.39 Å². The normalized spacial score (nSPS) is 17.0. The van der Waals surface area contributed by atoms with Crippen molar-refractivity contribution >= 4 is 11.6 Å². The minimum absolute atomic E-state index is 0.270. The van der Waals surface area contributed by atoms with E-state index in [-0.39, 0.29) is 5.82 Å². The van der Waals surface area contributed by atoms with Crippen molar-refractivity contribution in [3.8, 4) is 17.1 Å². The van der Waals surface area contributed by atoms with Gasteiger partial charge in [0.1, 0.15) is 5.82 Å². The Morgan fingerprint density at radius 1 is 1.00 bits per heavy atom.